The molecule has 2 aliphatic rings. The molecule has 1 aliphatic carbocycles. The first-order valence-corrected chi connectivity index (χ1v) is 12.6. The number of carbonyl (C=O) groups is 2. The van der Waals surface area contributed by atoms with Crippen LogP contribution in [-0.4, -0.2) is 39.7 Å². The van der Waals surface area contributed by atoms with Crippen molar-refractivity contribution in [2.45, 2.75) is 57.4 Å². The molecule has 2 heterocycles. The van der Waals surface area contributed by atoms with Crippen molar-refractivity contribution >= 4 is 39.9 Å². The summed E-state index contributed by atoms with van der Waals surface area (Å²) < 4.78 is 0. The highest BCUT2D eigenvalue weighted by atomic mass is 35.5. The standard InChI is InChI=1S/C24H29ClN2O4S/c25-20-11-4-3-9-18(20)21-14-32-24(26-21)27-16(13-28)8-5-10-17(15-6-1-2-7-15)19(23(27)31)12-22(29)30/h3-4,9,11,14-17,19,28H,1-2,5-8,10,12-13H2,(H,29,30)/t16-,17-,19-/m0/s1. The second-order valence-corrected chi connectivity index (χ2v) is 10.1. The van der Waals surface area contributed by atoms with Gasteiger partial charge in [-0.1, -0.05) is 61.9 Å². The van der Waals surface area contributed by atoms with Crippen LogP contribution in [-0.2, 0) is 9.59 Å². The van der Waals surface area contributed by atoms with E-state index in [9.17, 15) is 19.8 Å². The number of hydrogen-bond donors (Lipinski definition) is 2. The number of benzene rings is 1. The Morgan fingerprint density at radius 2 is 1.91 bits per heavy atom. The summed E-state index contributed by atoms with van der Waals surface area (Å²) >= 11 is 7.67. The fraction of sp³-hybridized carbons (Fsp3) is 0.542. The summed E-state index contributed by atoms with van der Waals surface area (Å²) in [4.78, 5) is 31.9. The van der Waals surface area contributed by atoms with Crippen LogP contribution in [0.25, 0.3) is 11.3 Å². The van der Waals surface area contributed by atoms with Crippen LogP contribution < -0.4 is 4.90 Å². The van der Waals surface area contributed by atoms with E-state index in [4.69, 9.17) is 16.6 Å². The summed E-state index contributed by atoms with van der Waals surface area (Å²) in [5, 5.41) is 22.7. The second kappa shape index (κ2) is 10.3. The number of hydrogen-bond acceptors (Lipinski definition) is 5. The minimum Gasteiger partial charge on any atom is -0.481 e. The van der Waals surface area contributed by atoms with Gasteiger partial charge in [0.05, 0.1) is 30.7 Å². The van der Waals surface area contributed by atoms with Crippen molar-refractivity contribution in [3.8, 4) is 11.3 Å². The number of aliphatic hydroxyl groups is 1. The molecule has 2 aromatic rings. The van der Waals surface area contributed by atoms with Gasteiger partial charge in [-0.2, -0.15) is 0 Å². The summed E-state index contributed by atoms with van der Waals surface area (Å²) in [5.41, 5.74) is 1.45. The van der Waals surface area contributed by atoms with E-state index >= 15 is 0 Å². The number of nitrogens with zero attached hydrogens (tertiary/aromatic N) is 2. The summed E-state index contributed by atoms with van der Waals surface area (Å²) in [7, 11) is 0. The number of rotatable bonds is 6. The average molecular weight is 477 g/mol. The lowest BCUT2D eigenvalue weighted by Crippen LogP contribution is -2.50. The molecule has 8 heteroatoms. The van der Waals surface area contributed by atoms with E-state index in [1.807, 2.05) is 23.6 Å². The zero-order chi connectivity index (χ0) is 22.7. The Morgan fingerprint density at radius 3 is 2.59 bits per heavy atom. The maximum Gasteiger partial charge on any atom is 0.304 e. The number of aromatic nitrogens is 1. The number of carboxylic acid groups (broad SMARTS) is 1. The van der Waals surface area contributed by atoms with Gasteiger partial charge in [0.15, 0.2) is 5.13 Å². The van der Waals surface area contributed by atoms with Crippen molar-refractivity contribution < 1.29 is 19.8 Å². The van der Waals surface area contributed by atoms with Gasteiger partial charge in [0.1, 0.15) is 0 Å². The Labute approximate surface area is 197 Å². The van der Waals surface area contributed by atoms with Crippen molar-refractivity contribution in [3.63, 3.8) is 0 Å². The first-order valence-electron chi connectivity index (χ1n) is 11.4. The van der Waals surface area contributed by atoms with Crippen molar-refractivity contribution in [1.82, 2.24) is 4.98 Å². The highest BCUT2D eigenvalue weighted by Crippen LogP contribution is 2.43. The first-order chi connectivity index (χ1) is 15.5. The zero-order valence-electron chi connectivity index (χ0n) is 18.0. The molecule has 3 atom stereocenters. The fourth-order valence-electron chi connectivity index (χ4n) is 5.43. The summed E-state index contributed by atoms with van der Waals surface area (Å²) in [5.74, 6) is -1.32. The van der Waals surface area contributed by atoms with E-state index in [-0.39, 0.29) is 24.9 Å². The van der Waals surface area contributed by atoms with Gasteiger partial charge in [0.2, 0.25) is 5.91 Å². The predicted molar refractivity (Wildman–Crippen MR) is 126 cm³/mol. The predicted octanol–water partition coefficient (Wildman–Crippen LogP) is 5.24. The molecule has 1 amide bonds. The summed E-state index contributed by atoms with van der Waals surface area (Å²) in [6.07, 6.45) is 6.59. The van der Waals surface area contributed by atoms with Gasteiger partial charge in [-0.25, -0.2) is 4.98 Å². The molecule has 0 bridgehead atoms. The smallest absolute Gasteiger partial charge is 0.304 e. The lowest BCUT2D eigenvalue weighted by atomic mass is 9.74. The molecule has 0 radical (unpaired) electrons. The molecule has 172 valence electrons. The fourth-order valence-corrected chi connectivity index (χ4v) is 6.56. The number of anilines is 1. The van der Waals surface area contributed by atoms with Gasteiger partial charge in [-0.05, 0) is 30.7 Å². The van der Waals surface area contributed by atoms with Gasteiger partial charge < -0.3 is 10.2 Å². The summed E-state index contributed by atoms with van der Waals surface area (Å²) in [6, 6.07) is 7.00. The molecule has 32 heavy (non-hydrogen) atoms. The van der Waals surface area contributed by atoms with Crippen LogP contribution in [0.5, 0.6) is 0 Å². The van der Waals surface area contributed by atoms with E-state index in [0.29, 0.717) is 28.2 Å². The van der Waals surface area contributed by atoms with Crippen molar-refractivity contribution in [1.29, 1.82) is 0 Å². The van der Waals surface area contributed by atoms with Crippen LogP contribution in [0.3, 0.4) is 0 Å². The third-order valence-corrected chi connectivity index (χ3v) is 8.14. The van der Waals surface area contributed by atoms with E-state index in [0.717, 1.165) is 44.1 Å². The topological polar surface area (TPSA) is 90.7 Å². The Morgan fingerprint density at radius 1 is 1.16 bits per heavy atom. The normalized spacial score (nSPS) is 25.0. The third kappa shape index (κ3) is 4.85. The molecule has 1 aliphatic heterocycles. The molecule has 2 fully saturated rings. The Kier molecular flexibility index (Phi) is 7.48. The van der Waals surface area contributed by atoms with Gasteiger partial charge in [0.25, 0.3) is 0 Å². The molecule has 1 aromatic heterocycles. The lowest BCUT2D eigenvalue weighted by Gasteiger charge is -2.39. The minimum absolute atomic E-state index is 0.0613. The number of carbonyl (C=O) groups excluding carboxylic acids is 1. The molecular formula is C24H29ClN2O4S. The number of aliphatic hydroxyl groups excluding tert-OH is 1. The molecule has 0 unspecified atom stereocenters. The molecule has 4 rings (SSSR count). The third-order valence-electron chi connectivity index (χ3n) is 6.97. The zero-order valence-corrected chi connectivity index (χ0v) is 19.5. The van der Waals surface area contributed by atoms with E-state index in [1.165, 1.54) is 11.3 Å². The van der Waals surface area contributed by atoms with E-state index in [2.05, 4.69) is 0 Å². The molecular weight excluding hydrogens is 448 g/mol. The molecule has 1 saturated carbocycles. The van der Waals surface area contributed by atoms with Crippen LogP contribution >= 0.6 is 22.9 Å². The lowest BCUT2D eigenvalue weighted by molar-refractivity contribution is -0.142. The number of amides is 1. The molecule has 1 saturated heterocycles. The average Bonchev–Trinajstić information content (AvgIpc) is 3.46. The van der Waals surface area contributed by atoms with Gasteiger partial charge >= 0.3 is 5.97 Å². The van der Waals surface area contributed by atoms with E-state index < -0.39 is 17.9 Å². The Bertz CT molecular complexity index is 959. The number of thiazole rings is 1. The molecule has 2 N–H and O–H groups in total. The van der Waals surface area contributed by atoms with E-state index in [1.54, 1.807) is 11.0 Å². The van der Waals surface area contributed by atoms with Gasteiger partial charge in [0, 0.05) is 16.0 Å². The highest BCUT2D eigenvalue weighted by Gasteiger charge is 2.42. The number of aliphatic carboxylic acids is 1. The van der Waals surface area contributed by atoms with Crippen molar-refractivity contribution in [3.05, 3.63) is 34.7 Å². The van der Waals surface area contributed by atoms with Crippen LogP contribution in [0.2, 0.25) is 5.02 Å². The minimum atomic E-state index is -0.955. The monoisotopic (exact) mass is 476 g/mol. The number of carboxylic acids is 1. The summed E-state index contributed by atoms with van der Waals surface area (Å²) in [6.45, 7) is -0.180. The van der Waals surface area contributed by atoms with Crippen LogP contribution in [0.15, 0.2) is 29.6 Å². The van der Waals surface area contributed by atoms with Crippen LogP contribution in [0.4, 0.5) is 5.13 Å². The highest BCUT2D eigenvalue weighted by molar-refractivity contribution is 7.14. The molecule has 1 aromatic carbocycles. The Balaban J connectivity index is 1.70. The SMILES string of the molecule is O=C(O)C[C@@H]1C(=O)N(c2nc(-c3ccccc3Cl)cs2)[C@H](CO)CCC[C@H]1C1CCCC1. The van der Waals surface area contributed by atoms with Crippen molar-refractivity contribution in [2.75, 3.05) is 11.5 Å². The number of halogens is 1. The maximum absolute atomic E-state index is 13.9. The molecule has 6 nitrogen and oxygen atoms in total. The largest absolute Gasteiger partial charge is 0.481 e. The maximum atomic E-state index is 13.9. The van der Waals surface area contributed by atoms with Gasteiger partial charge in [-0.15, -0.1) is 11.3 Å². The second-order valence-electron chi connectivity index (χ2n) is 8.88. The first kappa shape index (κ1) is 23.2. The van der Waals surface area contributed by atoms with Crippen molar-refractivity contribution in [2.24, 2.45) is 17.8 Å². The Hall–Kier alpha value is -1.96. The molecule has 0 spiro atoms. The van der Waals surface area contributed by atoms with Gasteiger partial charge in [-0.3, -0.25) is 14.5 Å². The quantitative estimate of drug-likeness (QED) is 0.595. The van der Waals surface area contributed by atoms with Crippen LogP contribution in [0, 0.1) is 17.8 Å². The van der Waals surface area contributed by atoms with Crippen LogP contribution in [0.1, 0.15) is 51.4 Å².